The summed E-state index contributed by atoms with van der Waals surface area (Å²) in [6.45, 7) is -1.64. The summed E-state index contributed by atoms with van der Waals surface area (Å²) in [5.41, 5.74) is 4.99. The molecule has 3 N–H and O–H groups in total. The summed E-state index contributed by atoms with van der Waals surface area (Å²) in [5, 5.41) is 2.12. The van der Waals surface area contributed by atoms with Gasteiger partial charge in [-0.2, -0.15) is 26.3 Å². The lowest BCUT2D eigenvalue weighted by Gasteiger charge is -2.37. The highest BCUT2D eigenvalue weighted by atomic mass is 19.4. The van der Waals surface area contributed by atoms with Crippen molar-refractivity contribution in [2.45, 2.75) is 31.2 Å². The van der Waals surface area contributed by atoms with Crippen LogP contribution in [0.4, 0.5) is 31.1 Å². The summed E-state index contributed by atoms with van der Waals surface area (Å²) in [5.74, 6) is -0.956. The van der Waals surface area contributed by atoms with Gasteiger partial charge in [0.15, 0.2) is 0 Å². The topological polar surface area (TPSA) is 58.4 Å². The second-order valence-electron chi connectivity index (χ2n) is 4.86. The molecule has 0 radical (unpaired) electrons. The minimum Gasteiger partial charge on any atom is -0.351 e. The lowest BCUT2D eigenvalue weighted by Crippen LogP contribution is -2.54. The summed E-state index contributed by atoms with van der Waals surface area (Å²) in [6.07, 6.45) is -10.1. The van der Waals surface area contributed by atoms with Crippen LogP contribution in [0.2, 0.25) is 0 Å². The van der Waals surface area contributed by atoms with Crippen LogP contribution in [-0.4, -0.2) is 49.0 Å². The molecule has 0 bridgehead atoms. The van der Waals surface area contributed by atoms with Gasteiger partial charge in [0.1, 0.15) is 0 Å². The van der Waals surface area contributed by atoms with Crippen LogP contribution >= 0.6 is 0 Å². The van der Waals surface area contributed by atoms with Crippen LogP contribution in [0.1, 0.15) is 12.8 Å². The molecule has 2 unspecified atom stereocenters. The summed E-state index contributed by atoms with van der Waals surface area (Å²) >= 11 is 0. The van der Waals surface area contributed by atoms with E-state index in [-0.39, 0.29) is 19.5 Å². The maximum Gasteiger partial charge on any atom is 0.401 e. The number of likely N-dealkylation sites (tertiary alicyclic amines) is 1. The molecule has 0 aromatic heterocycles. The molecule has 118 valence electrons. The second kappa shape index (κ2) is 6.06. The summed E-state index contributed by atoms with van der Waals surface area (Å²) in [6, 6.07) is -1.79. The number of carbonyl (C=O) groups excluding carboxylic acids is 1. The van der Waals surface area contributed by atoms with E-state index < -0.39 is 43.3 Å². The fraction of sp³-hybridized carbons (Fsp3) is 0.900. The van der Waals surface area contributed by atoms with Gasteiger partial charge in [-0.25, -0.2) is 4.79 Å². The Kier molecular flexibility index (Phi) is 5.11. The van der Waals surface area contributed by atoms with Gasteiger partial charge >= 0.3 is 18.4 Å². The van der Waals surface area contributed by atoms with Gasteiger partial charge in [-0.05, 0) is 12.3 Å². The molecule has 1 saturated heterocycles. The lowest BCUT2D eigenvalue weighted by atomic mass is 9.91. The summed E-state index contributed by atoms with van der Waals surface area (Å²) in [7, 11) is 0. The van der Waals surface area contributed by atoms with E-state index in [2.05, 4.69) is 5.32 Å². The summed E-state index contributed by atoms with van der Waals surface area (Å²) < 4.78 is 73.3. The third-order valence-electron chi connectivity index (χ3n) is 2.96. The minimum absolute atomic E-state index is 0.0840. The van der Waals surface area contributed by atoms with Crippen LogP contribution in [0.25, 0.3) is 0 Å². The maximum atomic E-state index is 12.3. The van der Waals surface area contributed by atoms with E-state index in [1.165, 1.54) is 0 Å². The highest BCUT2D eigenvalue weighted by molar-refractivity contribution is 5.72. The Morgan fingerprint density at radius 3 is 2.20 bits per heavy atom. The Bertz CT molecular complexity index is 343. The number of halogens is 6. The zero-order chi connectivity index (χ0) is 15.6. The fourth-order valence-electron chi connectivity index (χ4n) is 2.27. The second-order valence-corrected chi connectivity index (χ2v) is 4.86. The van der Waals surface area contributed by atoms with E-state index in [0.717, 1.165) is 4.90 Å². The van der Waals surface area contributed by atoms with E-state index in [9.17, 15) is 31.1 Å². The van der Waals surface area contributed by atoms with E-state index in [0.29, 0.717) is 0 Å². The minimum atomic E-state index is -4.46. The van der Waals surface area contributed by atoms with Gasteiger partial charge in [-0.3, -0.25) is 0 Å². The van der Waals surface area contributed by atoms with Gasteiger partial charge in [0, 0.05) is 25.6 Å². The Labute approximate surface area is 111 Å². The van der Waals surface area contributed by atoms with Crippen LogP contribution in [0.3, 0.4) is 0 Å². The van der Waals surface area contributed by atoms with E-state index >= 15 is 0 Å². The first kappa shape index (κ1) is 16.9. The van der Waals surface area contributed by atoms with Crippen molar-refractivity contribution in [1.82, 2.24) is 10.2 Å². The predicted molar refractivity (Wildman–Crippen MR) is 57.8 cm³/mol. The Morgan fingerprint density at radius 1 is 1.15 bits per heavy atom. The molecule has 10 heteroatoms. The van der Waals surface area contributed by atoms with E-state index in [1.807, 2.05) is 0 Å². The number of amides is 2. The normalized spacial score (nSPS) is 24.8. The smallest absolute Gasteiger partial charge is 0.351 e. The fourth-order valence-corrected chi connectivity index (χ4v) is 2.27. The van der Waals surface area contributed by atoms with Gasteiger partial charge in [0.05, 0.1) is 6.54 Å². The zero-order valence-corrected chi connectivity index (χ0v) is 10.4. The molecule has 1 rings (SSSR count). The number of carbonyl (C=O) groups is 1. The van der Waals surface area contributed by atoms with Crippen molar-refractivity contribution in [1.29, 1.82) is 0 Å². The molecule has 20 heavy (non-hydrogen) atoms. The molecule has 0 aromatic rings. The molecule has 0 aromatic carbocycles. The molecule has 1 aliphatic heterocycles. The predicted octanol–water partition coefficient (Wildman–Crippen LogP) is 1.86. The van der Waals surface area contributed by atoms with Gasteiger partial charge in [-0.1, -0.05) is 0 Å². The van der Waals surface area contributed by atoms with Crippen molar-refractivity contribution < 1.29 is 31.1 Å². The lowest BCUT2D eigenvalue weighted by molar-refractivity contribution is -0.149. The quantitative estimate of drug-likeness (QED) is 0.782. The molecule has 0 saturated carbocycles. The third kappa shape index (κ3) is 6.31. The van der Waals surface area contributed by atoms with Gasteiger partial charge in [-0.15, -0.1) is 0 Å². The average molecular weight is 307 g/mol. The van der Waals surface area contributed by atoms with Crippen molar-refractivity contribution in [2.75, 3.05) is 19.6 Å². The first-order chi connectivity index (χ1) is 8.96. The van der Waals surface area contributed by atoms with Gasteiger partial charge < -0.3 is 16.0 Å². The van der Waals surface area contributed by atoms with Crippen molar-refractivity contribution in [3.63, 3.8) is 0 Å². The Balaban J connectivity index is 2.63. The van der Waals surface area contributed by atoms with Crippen LogP contribution < -0.4 is 11.1 Å². The van der Waals surface area contributed by atoms with Crippen molar-refractivity contribution >= 4 is 6.03 Å². The monoisotopic (exact) mass is 307 g/mol. The van der Waals surface area contributed by atoms with Crippen molar-refractivity contribution in [3.05, 3.63) is 0 Å². The zero-order valence-electron chi connectivity index (χ0n) is 10.4. The molecule has 1 aliphatic rings. The van der Waals surface area contributed by atoms with E-state index in [4.69, 9.17) is 5.73 Å². The molecule has 0 spiro atoms. The molecule has 2 amide bonds. The number of nitrogens with two attached hydrogens (primary N) is 1. The number of rotatable bonds is 3. The third-order valence-corrected chi connectivity index (χ3v) is 2.96. The average Bonchev–Trinajstić information content (AvgIpc) is 2.22. The molecule has 2 atom stereocenters. The Hall–Kier alpha value is -1.19. The number of nitrogens with one attached hydrogen (secondary N) is 1. The first-order valence-corrected chi connectivity index (χ1v) is 5.87. The molecule has 1 heterocycles. The standard InChI is InChI=1S/C10H15F6N3O/c11-9(12,13)2-6-1-7(18-5-10(14,15)16)4-19(3-6)8(17)20/h6-7,18H,1-5H2,(H2,17,20). The Morgan fingerprint density at radius 2 is 1.75 bits per heavy atom. The highest BCUT2D eigenvalue weighted by Gasteiger charge is 2.38. The largest absolute Gasteiger partial charge is 0.401 e. The van der Waals surface area contributed by atoms with Gasteiger partial charge in [0.25, 0.3) is 0 Å². The number of primary amides is 1. The van der Waals surface area contributed by atoms with Crippen LogP contribution in [0.15, 0.2) is 0 Å². The first-order valence-electron chi connectivity index (χ1n) is 5.87. The summed E-state index contributed by atoms with van der Waals surface area (Å²) in [4.78, 5) is 12.0. The number of urea groups is 1. The molecule has 1 fully saturated rings. The number of nitrogens with zero attached hydrogens (tertiary/aromatic N) is 1. The van der Waals surface area contributed by atoms with E-state index in [1.54, 1.807) is 0 Å². The maximum absolute atomic E-state index is 12.3. The highest BCUT2D eigenvalue weighted by Crippen LogP contribution is 2.30. The van der Waals surface area contributed by atoms with Crippen LogP contribution in [-0.2, 0) is 0 Å². The van der Waals surface area contributed by atoms with Crippen molar-refractivity contribution in [3.8, 4) is 0 Å². The molecule has 4 nitrogen and oxygen atoms in total. The van der Waals surface area contributed by atoms with Crippen LogP contribution in [0, 0.1) is 5.92 Å². The SMILES string of the molecule is NC(=O)N1CC(CC(F)(F)F)CC(NCC(F)(F)F)C1. The molecular formula is C10H15F6N3O. The number of hydrogen-bond donors (Lipinski definition) is 2. The van der Waals surface area contributed by atoms with Gasteiger partial charge in [0.2, 0.25) is 0 Å². The molecule has 0 aliphatic carbocycles. The number of hydrogen-bond acceptors (Lipinski definition) is 2. The number of alkyl halides is 6. The van der Waals surface area contributed by atoms with Crippen molar-refractivity contribution in [2.24, 2.45) is 11.7 Å². The molecular weight excluding hydrogens is 292 g/mol. The number of piperidine rings is 1. The van der Waals surface area contributed by atoms with Crippen LogP contribution in [0.5, 0.6) is 0 Å².